The molecule has 0 N–H and O–H groups in total. The van der Waals surface area contributed by atoms with Gasteiger partial charge in [-0.15, -0.1) is 0 Å². The maximum absolute atomic E-state index is 11.3. The molecular weight excluding hydrogens is 280 g/mol. The van der Waals surface area contributed by atoms with E-state index in [4.69, 9.17) is 13.9 Å². The number of hydrogen-bond donors (Lipinski definition) is 0. The summed E-state index contributed by atoms with van der Waals surface area (Å²) in [6.45, 7) is 7.76. The van der Waals surface area contributed by atoms with Crippen molar-refractivity contribution in [1.29, 1.82) is 0 Å². The van der Waals surface area contributed by atoms with Crippen molar-refractivity contribution >= 4 is 16.9 Å². The van der Waals surface area contributed by atoms with Crippen LogP contribution in [0.3, 0.4) is 0 Å². The van der Waals surface area contributed by atoms with Gasteiger partial charge < -0.3 is 13.9 Å². The third kappa shape index (κ3) is 2.09. The van der Waals surface area contributed by atoms with Crippen molar-refractivity contribution in [3.8, 4) is 5.75 Å². The van der Waals surface area contributed by atoms with E-state index in [0.717, 1.165) is 35.1 Å². The van der Waals surface area contributed by atoms with Crippen LogP contribution in [0.1, 0.15) is 48.4 Å². The van der Waals surface area contributed by atoms with Gasteiger partial charge in [-0.1, -0.05) is 6.92 Å². The largest absolute Gasteiger partial charge is 0.493 e. The number of carbonyl (C=O) groups excluding carboxylic acids is 1. The number of methoxy groups -OCH3 is 1. The topological polar surface area (TPSA) is 48.7 Å². The number of esters is 1. The van der Waals surface area contributed by atoms with Crippen molar-refractivity contribution in [2.75, 3.05) is 7.11 Å². The summed E-state index contributed by atoms with van der Waals surface area (Å²) in [4.78, 5) is 11.3. The van der Waals surface area contributed by atoms with E-state index in [9.17, 15) is 4.79 Å². The van der Waals surface area contributed by atoms with E-state index in [0.29, 0.717) is 0 Å². The number of ether oxygens (including phenoxy) is 2. The number of rotatable bonds is 2. The monoisotopic (exact) mass is 302 g/mol. The van der Waals surface area contributed by atoms with Gasteiger partial charge in [0.25, 0.3) is 0 Å². The van der Waals surface area contributed by atoms with Gasteiger partial charge in [0.15, 0.2) is 11.3 Å². The number of hydrogen-bond acceptors (Lipinski definition) is 4. The average molecular weight is 302 g/mol. The highest BCUT2D eigenvalue weighted by atomic mass is 16.5. The molecule has 0 bridgehead atoms. The molecule has 22 heavy (non-hydrogen) atoms. The predicted octanol–water partition coefficient (Wildman–Crippen LogP) is 4.04. The van der Waals surface area contributed by atoms with E-state index >= 15 is 0 Å². The van der Waals surface area contributed by atoms with E-state index in [1.165, 1.54) is 23.6 Å². The number of benzene rings is 1. The second kappa shape index (κ2) is 5.34. The van der Waals surface area contributed by atoms with Crippen LogP contribution in [0.5, 0.6) is 5.75 Å². The first-order valence-corrected chi connectivity index (χ1v) is 7.70. The van der Waals surface area contributed by atoms with Gasteiger partial charge in [-0.25, -0.2) is 0 Å². The van der Waals surface area contributed by atoms with E-state index in [2.05, 4.69) is 13.8 Å². The minimum Gasteiger partial charge on any atom is -0.493 e. The van der Waals surface area contributed by atoms with E-state index < -0.39 is 0 Å². The number of fused-ring (bicyclic) bond motifs is 2. The highest BCUT2D eigenvalue weighted by Gasteiger charge is 2.34. The molecule has 0 saturated heterocycles. The molecule has 3 rings (SSSR count). The van der Waals surface area contributed by atoms with Crippen LogP contribution < -0.4 is 4.74 Å². The molecule has 0 aliphatic heterocycles. The van der Waals surface area contributed by atoms with Crippen LogP contribution in [0.4, 0.5) is 0 Å². The van der Waals surface area contributed by atoms with Gasteiger partial charge in [-0.3, -0.25) is 4.79 Å². The summed E-state index contributed by atoms with van der Waals surface area (Å²) in [5, 5.41) is 1.12. The fourth-order valence-electron chi connectivity index (χ4n) is 3.87. The van der Waals surface area contributed by atoms with Crippen LogP contribution in [0, 0.1) is 13.8 Å². The molecule has 1 aliphatic rings. The molecule has 0 spiro atoms. The molecule has 4 nitrogen and oxygen atoms in total. The lowest BCUT2D eigenvalue weighted by atomic mass is 9.77. The second-order valence-corrected chi connectivity index (χ2v) is 6.15. The summed E-state index contributed by atoms with van der Waals surface area (Å²) >= 11 is 0. The first-order chi connectivity index (χ1) is 10.5. The van der Waals surface area contributed by atoms with Crippen molar-refractivity contribution in [2.24, 2.45) is 0 Å². The Labute approximate surface area is 130 Å². The lowest BCUT2D eigenvalue weighted by Gasteiger charge is -2.33. The van der Waals surface area contributed by atoms with Gasteiger partial charge in [-0.05, 0) is 43.4 Å². The van der Waals surface area contributed by atoms with Crippen molar-refractivity contribution in [3.05, 3.63) is 28.5 Å². The minimum absolute atomic E-state index is 0.0712. The average Bonchev–Trinajstić information content (AvgIpc) is 2.84. The zero-order valence-corrected chi connectivity index (χ0v) is 13.8. The van der Waals surface area contributed by atoms with Crippen molar-refractivity contribution in [2.45, 2.75) is 52.6 Å². The molecule has 2 unspecified atom stereocenters. The molecule has 0 fully saturated rings. The van der Waals surface area contributed by atoms with Gasteiger partial charge in [-0.2, -0.15) is 0 Å². The summed E-state index contributed by atoms with van der Waals surface area (Å²) in [6.07, 6.45) is 3.35. The van der Waals surface area contributed by atoms with Gasteiger partial charge in [0.2, 0.25) is 0 Å². The number of carbonyl (C=O) groups is 1. The zero-order chi connectivity index (χ0) is 16.0. The maximum atomic E-state index is 11.3. The van der Waals surface area contributed by atoms with Crippen molar-refractivity contribution in [3.63, 3.8) is 0 Å². The third-order valence-electron chi connectivity index (χ3n) is 4.77. The lowest BCUT2D eigenvalue weighted by Crippen LogP contribution is -2.29. The molecular formula is C18H22O4. The van der Waals surface area contributed by atoms with Gasteiger partial charge in [0, 0.05) is 23.8 Å². The van der Waals surface area contributed by atoms with Crippen LogP contribution in [0.25, 0.3) is 11.0 Å². The molecule has 0 amide bonds. The summed E-state index contributed by atoms with van der Waals surface area (Å²) in [7, 11) is 1.69. The highest BCUT2D eigenvalue weighted by Crippen LogP contribution is 2.46. The van der Waals surface area contributed by atoms with Crippen LogP contribution in [0.15, 0.2) is 10.7 Å². The normalized spacial score (nSPS) is 20.8. The van der Waals surface area contributed by atoms with Gasteiger partial charge >= 0.3 is 5.97 Å². The second-order valence-electron chi connectivity index (χ2n) is 6.15. The van der Waals surface area contributed by atoms with Gasteiger partial charge in [0.05, 0.1) is 13.4 Å². The van der Waals surface area contributed by atoms with E-state index in [-0.39, 0.29) is 18.0 Å². The molecule has 1 aromatic heterocycles. The third-order valence-corrected chi connectivity index (χ3v) is 4.77. The van der Waals surface area contributed by atoms with E-state index in [1.54, 1.807) is 13.4 Å². The fraction of sp³-hybridized carbons (Fsp3) is 0.500. The first kappa shape index (κ1) is 14.9. The quantitative estimate of drug-likeness (QED) is 0.786. The Morgan fingerprint density at radius 3 is 2.73 bits per heavy atom. The molecule has 0 radical (unpaired) electrons. The summed E-state index contributed by atoms with van der Waals surface area (Å²) in [5.41, 5.74) is 5.58. The Kier molecular flexibility index (Phi) is 3.63. The molecule has 4 heteroatoms. The summed E-state index contributed by atoms with van der Waals surface area (Å²) < 4.78 is 16.9. The highest BCUT2D eigenvalue weighted by molar-refractivity contribution is 5.92. The van der Waals surface area contributed by atoms with E-state index in [1.807, 2.05) is 6.92 Å². The molecule has 118 valence electrons. The molecule has 2 aromatic rings. The molecule has 2 atom stereocenters. The SMILES string of the molecule is COc1c2c(c(C)c3c(C)coc13)C(C)C(OC(C)=O)CC2. The summed E-state index contributed by atoms with van der Waals surface area (Å²) in [6, 6.07) is 0. The minimum atomic E-state index is -0.217. The Balaban J connectivity index is 2.23. The predicted molar refractivity (Wildman–Crippen MR) is 84.5 cm³/mol. The van der Waals surface area contributed by atoms with Crippen LogP contribution >= 0.6 is 0 Å². The molecule has 1 aromatic carbocycles. The number of furan rings is 1. The Hall–Kier alpha value is -1.97. The molecule has 1 heterocycles. The first-order valence-electron chi connectivity index (χ1n) is 7.70. The van der Waals surface area contributed by atoms with Crippen LogP contribution in [-0.2, 0) is 16.0 Å². The fourth-order valence-corrected chi connectivity index (χ4v) is 3.87. The Morgan fingerprint density at radius 2 is 2.09 bits per heavy atom. The van der Waals surface area contributed by atoms with Crippen molar-refractivity contribution < 1.29 is 18.7 Å². The van der Waals surface area contributed by atoms with Crippen LogP contribution in [-0.4, -0.2) is 19.2 Å². The molecule has 1 aliphatic carbocycles. The number of aryl methyl sites for hydroxylation is 2. The maximum Gasteiger partial charge on any atom is 0.302 e. The van der Waals surface area contributed by atoms with Crippen molar-refractivity contribution in [1.82, 2.24) is 0 Å². The zero-order valence-electron chi connectivity index (χ0n) is 13.8. The molecule has 0 saturated carbocycles. The lowest BCUT2D eigenvalue weighted by molar-refractivity contribution is -0.147. The van der Waals surface area contributed by atoms with Gasteiger partial charge in [0.1, 0.15) is 6.10 Å². The van der Waals surface area contributed by atoms with Crippen LogP contribution in [0.2, 0.25) is 0 Å². The Morgan fingerprint density at radius 1 is 1.36 bits per heavy atom. The smallest absolute Gasteiger partial charge is 0.302 e. The standard InChI is InChI=1S/C18H22O4/c1-9-8-21-18-15(9)11(3)16-10(2)14(22-12(4)19)7-6-13(16)17(18)20-5/h8,10,14H,6-7H2,1-5H3. The summed E-state index contributed by atoms with van der Waals surface area (Å²) in [5.74, 6) is 0.766. The Bertz CT molecular complexity index is 741.